The summed E-state index contributed by atoms with van der Waals surface area (Å²) in [6.07, 6.45) is 5.76. The number of hydrogen-bond acceptors (Lipinski definition) is 6. The van der Waals surface area contributed by atoms with E-state index in [1.165, 1.54) is 0 Å². The van der Waals surface area contributed by atoms with Crippen LogP contribution in [0.2, 0.25) is 0 Å². The summed E-state index contributed by atoms with van der Waals surface area (Å²) in [5.41, 5.74) is 1.16. The zero-order valence-electron chi connectivity index (χ0n) is 15.0. The SMILES string of the molecule is C/C=C\CCCC(=O)NC(C)C(=O)OCc1ccccc1CO[N+](=O)[O-]. The first-order chi connectivity index (χ1) is 12.4. The van der Waals surface area contributed by atoms with Gasteiger partial charge in [0.25, 0.3) is 5.09 Å². The molecular formula is C18H24N2O6. The van der Waals surface area contributed by atoms with Crippen molar-refractivity contribution in [3.63, 3.8) is 0 Å². The van der Waals surface area contributed by atoms with Crippen LogP contribution in [-0.4, -0.2) is 23.0 Å². The third-order valence-electron chi connectivity index (χ3n) is 3.56. The molecule has 1 amide bonds. The van der Waals surface area contributed by atoms with E-state index in [-0.39, 0.29) is 19.1 Å². The molecule has 1 rings (SSSR count). The van der Waals surface area contributed by atoms with Crippen LogP contribution in [-0.2, 0) is 32.4 Å². The van der Waals surface area contributed by atoms with Crippen molar-refractivity contribution in [2.24, 2.45) is 0 Å². The molecule has 0 spiro atoms. The molecule has 1 aromatic carbocycles. The van der Waals surface area contributed by atoms with Crippen LogP contribution in [0.15, 0.2) is 36.4 Å². The van der Waals surface area contributed by atoms with E-state index >= 15 is 0 Å². The highest BCUT2D eigenvalue weighted by Gasteiger charge is 2.17. The molecule has 1 aromatic rings. The normalized spacial score (nSPS) is 11.8. The fourth-order valence-electron chi connectivity index (χ4n) is 2.15. The Hall–Kier alpha value is -2.90. The van der Waals surface area contributed by atoms with Crippen molar-refractivity contribution in [2.75, 3.05) is 0 Å². The number of unbranched alkanes of at least 4 members (excludes halogenated alkanes) is 1. The van der Waals surface area contributed by atoms with Crippen molar-refractivity contribution in [1.29, 1.82) is 0 Å². The van der Waals surface area contributed by atoms with Gasteiger partial charge in [-0.05, 0) is 37.8 Å². The van der Waals surface area contributed by atoms with Crippen LogP contribution in [0.5, 0.6) is 0 Å². The van der Waals surface area contributed by atoms with Gasteiger partial charge in [0.05, 0.1) is 0 Å². The standard InChI is InChI=1S/C18H24N2O6/c1-3-4-5-6-11-17(21)19-14(2)18(22)25-12-15-9-7-8-10-16(15)13-26-20(23)24/h3-4,7-10,14H,5-6,11-13H2,1-2H3,(H,19,21)/b4-3-. The smallest absolute Gasteiger partial charge is 0.328 e. The lowest BCUT2D eigenvalue weighted by Crippen LogP contribution is -2.39. The third kappa shape index (κ3) is 8.27. The number of nitrogens with zero attached hydrogens (tertiary/aromatic N) is 1. The van der Waals surface area contributed by atoms with E-state index in [1.807, 2.05) is 19.1 Å². The molecule has 1 N–H and O–H groups in total. The molecule has 0 saturated carbocycles. The lowest BCUT2D eigenvalue weighted by Gasteiger charge is -2.14. The summed E-state index contributed by atoms with van der Waals surface area (Å²) in [6.45, 7) is 3.19. The first-order valence-corrected chi connectivity index (χ1v) is 8.35. The second-order valence-corrected chi connectivity index (χ2v) is 5.62. The highest BCUT2D eigenvalue weighted by molar-refractivity contribution is 5.84. The molecule has 0 radical (unpaired) electrons. The molecule has 142 valence electrons. The largest absolute Gasteiger partial charge is 0.459 e. The maximum Gasteiger partial charge on any atom is 0.328 e. The number of amides is 1. The van der Waals surface area contributed by atoms with Crippen molar-refractivity contribution < 1.29 is 24.3 Å². The van der Waals surface area contributed by atoms with E-state index in [0.29, 0.717) is 24.0 Å². The lowest BCUT2D eigenvalue weighted by atomic mass is 10.1. The second kappa shape index (κ2) is 11.6. The van der Waals surface area contributed by atoms with Crippen LogP contribution in [0.4, 0.5) is 0 Å². The monoisotopic (exact) mass is 364 g/mol. The highest BCUT2D eigenvalue weighted by Crippen LogP contribution is 2.12. The van der Waals surface area contributed by atoms with Crippen LogP contribution in [0, 0.1) is 10.1 Å². The Bertz CT molecular complexity index is 644. The van der Waals surface area contributed by atoms with Gasteiger partial charge in [0.2, 0.25) is 5.91 Å². The molecule has 8 heteroatoms. The topological polar surface area (TPSA) is 108 Å². The van der Waals surface area contributed by atoms with Crippen molar-refractivity contribution in [3.8, 4) is 0 Å². The first-order valence-electron chi connectivity index (χ1n) is 8.35. The maximum atomic E-state index is 12.0. The van der Waals surface area contributed by atoms with Gasteiger partial charge < -0.3 is 14.9 Å². The minimum absolute atomic E-state index is 0.0580. The number of rotatable bonds is 11. The van der Waals surface area contributed by atoms with Crippen molar-refractivity contribution in [1.82, 2.24) is 5.32 Å². The van der Waals surface area contributed by atoms with Crippen LogP contribution >= 0.6 is 0 Å². The van der Waals surface area contributed by atoms with Crippen molar-refractivity contribution in [3.05, 3.63) is 57.7 Å². The number of carbonyl (C=O) groups excluding carboxylic acids is 2. The minimum Gasteiger partial charge on any atom is -0.459 e. The minimum atomic E-state index is -0.878. The molecule has 0 fully saturated rings. The molecule has 0 aliphatic heterocycles. The Labute approximate surface area is 152 Å². The summed E-state index contributed by atoms with van der Waals surface area (Å²) in [4.78, 5) is 38.5. The van der Waals surface area contributed by atoms with Gasteiger partial charge in [0.15, 0.2) is 0 Å². The van der Waals surface area contributed by atoms with Crippen LogP contribution in [0.3, 0.4) is 0 Å². The number of ether oxygens (including phenoxy) is 1. The summed E-state index contributed by atoms with van der Waals surface area (Å²) in [5.74, 6) is -0.782. The van der Waals surface area contributed by atoms with Crippen molar-refractivity contribution >= 4 is 11.9 Å². The molecule has 8 nitrogen and oxygen atoms in total. The van der Waals surface area contributed by atoms with E-state index in [2.05, 4.69) is 10.2 Å². The van der Waals surface area contributed by atoms with Gasteiger partial charge in [-0.3, -0.25) is 4.79 Å². The Morgan fingerprint density at radius 2 is 1.92 bits per heavy atom. The summed E-state index contributed by atoms with van der Waals surface area (Å²) >= 11 is 0. The van der Waals surface area contributed by atoms with Gasteiger partial charge in [-0.25, -0.2) is 4.79 Å². The van der Waals surface area contributed by atoms with Crippen LogP contribution < -0.4 is 5.32 Å². The molecular weight excluding hydrogens is 340 g/mol. The van der Waals surface area contributed by atoms with Gasteiger partial charge >= 0.3 is 5.97 Å². The number of esters is 1. The molecule has 0 saturated heterocycles. The Morgan fingerprint density at radius 1 is 1.27 bits per heavy atom. The number of carbonyl (C=O) groups is 2. The van der Waals surface area contributed by atoms with Crippen LogP contribution in [0.1, 0.15) is 44.2 Å². The molecule has 0 heterocycles. The van der Waals surface area contributed by atoms with Crippen molar-refractivity contribution in [2.45, 2.75) is 52.4 Å². The van der Waals surface area contributed by atoms with E-state index in [9.17, 15) is 19.7 Å². The molecule has 1 atom stereocenters. The Morgan fingerprint density at radius 3 is 2.54 bits per heavy atom. The summed E-state index contributed by atoms with van der Waals surface area (Å²) in [5, 5.41) is 12.0. The summed E-state index contributed by atoms with van der Waals surface area (Å²) in [6, 6.07) is 6.01. The van der Waals surface area contributed by atoms with Gasteiger partial charge in [0.1, 0.15) is 19.3 Å². The number of hydrogen-bond donors (Lipinski definition) is 1. The molecule has 0 aliphatic rings. The summed E-state index contributed by atoms with van der Waals surface area (Å²) < 4.78 is 5.19. The average Bonchev–Trinajstić information content (AvgIpc) is 2.62. The van der Waals surface area contributed by atoms with Gasteiger partial charge in [0, 0.05) is 6.42 Å². The quantitative estimate of drug-likeness (QED) is 0.213. The maximum absolute atomic E-state index is 12.0. The molecule has 0 aliphatic carbocycles. The van der Waals surface area contributed by atoms with E-state index in [4.69, 9.17) is 4.74 Å². The number of nitrogens with one attached hydrogen (secondary N) is 1. The van der Waals surface area contributed by atoms with Gasteiger partial charge in [-0.1, -0.05) is 36.4 Å². The first kappa shape index (κ1) is 21.1. The zero-order valence-corrected chi connectivity index (χ0v) is 15.0. The van der Waals surface area contributed by atoms with Gasteiger partial charge in [-0.2, -0.15) is 0 Å². The average molecular weight is 364 g/mol. The number of allylic oxidation sites excluding steroid dienone is 2. The summed E-state index contributed by atoms with van der Waals surface area (Å²) in [7, 11) is 0. The second-order valence-electron chi connectivity index (χ2n) is 5.62. The predicted molar refractivity (Wildman–Crippen MR) is 94.3 cm³/mol. The molecule has 1 unspecified atom stereocenters. The fraction of sp³-hybridized carbons (Fsp3) is 0.444. The predicted octanol–water partition coefficient (Wildman–Crippen LogP) is 2.69. The lowest BCUT2D eigenvalue weighted by molar-refractivity contribution is -0.763. The van der Waals surface area contributed by atoms with E-state index in [1.54, 1.807) is 31.2 Å². The van der Waals surface area contributed by atoms with Crippen LogP contribution in [0.25, 0.3) is 0 Å². The molecule has 0 aromatic heterocycles. The molecule has 0 bridgehead atoms. The highest BCUT2D eigenvalue weighted by atomic mass is 16.9. The zero-order chi connectivity index (χ0) is 19.4. The molecule has 26 heavy (non-hydrogen) atoms. The van der Waals surface area contributed by atoms with E-state index in [0.717, 1.165) is 6.42 Å². The van der Waals surface area contributed by atoms with E-state index < -0.39 is 17.1 Å². The number of benzene rings is 1. The fourth-order valence-corrected chi connectivity index (χ4v) is 2.15. The Kier molecular flexibility index (Phi) is 9.45. The Balaban J connectivity index is 2.45. The van der Waals surface area contributed by atoms with Gasteiger partial charge in [-0.15, -0.1) is 10.1 Å². The third-order valence-corrected chi connectivity index (χ3v) is 3.56.